The largest absolute Gasteiger partial charge is 0.0879 e. The maximum Gasteiger partial charge on any atom is 0.00179 e. The Morgan fingerprint density at radius 2 is 1.85 bits per heavy atom. The highest BCUT2D eigenvalue weighted by Crippen LogP contribution is 2.26. The molecule has 13 heavy (non-hydrogen) atoms. The van der Waals surface area contributed by atoms with E-state index in [1.165, 1.54) is 31.2 Å². The smallest absolute Gasteiger partial charge is 0.00179 e. The first-order valence-electron chi connectivity index (χ1n) is 5.18. The lowest BCUT2D eigenvalue weighted by Gasteiger charge is -2.10. The quantitative estimate of drug-likeness (QED) is 0.563. The molecule has 0 heteroatoms. The van der Waals surface area contributed by atoms with E-state index in [0.717, 1.165) is 0 Å². The molecule has 0 saturated carbocycles. The predicted octanol–water partition coefficient (Wildman–Crippen LogP) is 3.90. The van der Waals surface area contributed by atoms with Crippen molar-refractivity contribution in [3.8, 4) is 0 Å². The van der Waals surface area contributed by atoms with Gasteiger partial charge in [-0.15, -0.1) is 0 Å². The third kappa shape index (κ3) is 2.21. The molecular formula is C13H16. The average molecular weight is 172 g/mol. The molecule has 0 N–H and O–H groups in total. The van der Waals surface area contributed by atoms with Crippen LogP contribution in [0.2, 0.25) is 0 Å². The lowest BCUT2D eigenvalue weighted by molar-refractivity contribution is 0.665. The van der Waals surface area contributed by atoms with Crippen LogP contribution >= 0.6 is 0 Å². The van der Waals surface area contributed by atoms with E-state index in [9.17, 15) is 0 Å². The van der Waals surface area contributed by atoms with Gasteiger partial charge in [-0.05, 0) is 24.8 Å². The number of hydrogen-bond donors (Lipinski definition) is 0. The summed E-state index contributed by atoms with van der Waals surface area (Å²) < 4.78 is 0. The van der Waals surface area contributed by atoms with Crippen LogP contribution in [0.1, 0.15) is 37.2 Å². The van der Waals surface area contributed by atoms with E-state index in [4.69, 9.17) is 0 Å². The highest BCUT2D eigenvalue weighted by atomic mass is 14.1. The Bertz CT molecular complexity index is 271. The van der Waals surface area contributed by atoms with Crippen molar-refractivity contribution < 1.29 is 0 Å². The number of allylic oxidation sites excluding steroid dienone is 2. The van der Waals surface area contributed by atoms with E-state index in [-0.39, 0.29) is 0 Å². The molecule has 0 radical (unpaired) electrons. The minimum absolute atomic E-state index is 0.670. The van der Waals surface area contributed by atoms with Crippen molar-refractivity contribution in [1.82, 2.24) is 0 Å². The zero-order valence-electron chi connectivity index (χ0n) is 7.95. The fourth-order valence-electron chi connectivity index (χ4n) is 1.96. The Morgan fingerprint density at radius 3 is 2.69 bits per heavy atom. The van der Waals surface area contributed by atoms with E-state index in [1.807, 2.05) is 0 Å². The van der Waals surface area contributed by atoms with Gasteiger partial charge < -0.3 is 0 Å². The first-order chi connectivity index (χ1) is 6.47. The molecule has 0 saturated heterocycles. The monoisotopic (exact) mass is 172 g/mol. The zero-order valence-corrected chi connectivity index (χ0v) is 7.95. The Hall–Kier alpha value is -1.04. The molecule has 1 aliphatic carbocycles. The molecule has 0 bridgehead atoms. The molecule has 2 rings (SSSR count). The van der Waals surface area contributed by atoms with Crippen LogP contribution in [0.5, 0.6) is 0 Å². The van der Waals surface area contributed by atoms with Crippen molar-refractivity contribution in [2.45, 2.75) is 31.6 Å². The Balaban J connectivity index is 2.15. The minimum atomic E-state index is 0.670. The molecule has 1 aliphatic rings. The minimum Gasteiger partial charge on any atom is -0.0879 e. The van der Waals surface area contributed by atoms with Crippen LogP contribution in [-0.4, -0.2) is 0 Å². The third-order valence-corrected chi connectivity index (χ3v) is 2.73. The first kappa shape index (κ1) is 8.55. The van der Waals surface area contributed by atoms with Gasteiger partial charge in [0.25, 0.3) is 0 Å². The second-order valence-electron chi connectivity index (χ2n) is 3.73. The second-order valence-corrected chi connectivity index (χ2v) is 3.73. The summed E-state index contributed by atoms with van der Waals surface area (Å²) in [4.78, 5) is 0. The van der Waals surface area contributed by atoms with Gasteiger partial charge in [-0.25, -0.2) is 0 Å². The van der Waals surface area contributed by atoms with Crippen molar-refractivity contribution in [2.75, 3.05) is 0 Å². The molecule has 0 aromatic heterocycles. The molecule has 68 valence electrons. The van der Waals surface area contributed by atoms with Gasteiger partial charge in [-0.2, -0.15) is 0 Å². The lowest BCUT2D eigenvalue weighted by atomic mass is 9.95. The van der Waals surface area contributed by atoms with Crippen LogP contribution in [0.25, 0.3) is 0 Å². The summed E-state index contributed by atoms with van der Waals surface area (Å²) in [5, 5.41) is 0. The topological polar surface area (TPSA) is 0 Å². The molecule has 0 heterocycles. The van der Waals surface area contributed by atoms with Gasteiger partial charge in [0.1, 0.15) is 0 Å². The van der Waals surface area contributed by atoms with Crippen LogP contribution in [0.3, 0.4) is 0 Å². The number of rotatable bonds is 1. The predicted molar refractivity (Wildman–Crippen MR) is 56.8 cm³/mol. The molecule has 1 atom stereocenters. The Kier molecular flexibility index (Phi) is 2.81. The first-order valence-corrected chi connectivity index (χ1v) is 5.18. The summed E-state index contributed by atoms with van der Waals surface area (Å²) in [7, 11) is 0. The Morgan fingerprint density at radius 1 is 1.00 bits per heavy atom. The summed E-state index contributed by atoms with van der Waals surface area (Å²) in [5.41, 5.74) is 1.47. The molecule has 0 nitrogen and oxygen atoms in total. The Labute approximate surface area is 80.3 Å². The van der Waals surface area contributed by atoms with Gasteiger partial charge in [-0.3, -0.25) is 0 Å². The molecule has 0 amide bonds. The molecule has 1 aromatic rings. The highest BCUT2D eigenvalue weighted by molar-refractivity contribution is 5.24. The van der Waals surface area contributed by atoms with E-state index >= 15 is 0 Å². The van der Waals surface area contributed by atoms with Crippen LogP contribution in [0, 0.1) is 0 Å². The zero-order chi connectivity index (χ0) is 8.93. The molecule has 0 spiro atoms. The molecular weight excluding hydrogens is 156 g/mol. The standard InChI is InChI=1S/C13H16/c1-2-5-9-12(8-4-1)13-10-6-3-7-11-13/h3-4,6-8,10-12H,1-2,5,9H2/t12-/m0/s1. The van der Waals surface area contributed by atoms with Crippen molar-refractivity contribution in [3.63, 3.8) is 0 Å². The summed E-state index contributed by atoms with van der Waals surface area (Å²) in [6.07, 6.45) is 10.0. The van der Waals surface area contributed by atoms with Crippen LogP contribution in [-0.2, 0) is 0 Å². The van der Waals surface area contributed by atoms with E-state index in [2.05, 4.69) is 42.5 Å². The highest BCUT2D eigenvalue weighted by Gasteiger charge is 2.08. The van der Waals surface area contributed by atoms with Gasteiger partial charge >= 0.3 is 0 Å². The van der Waals surface area contributed by atoms with Crippen molar-refractivity contribution in [2.24, 2.45) is 0 Å². The summed E-state index contributed by atoms with van der Waals surface area (Å²) >= 11 is 0. The molecule has 0 aliphatic heterocycles. The summed E-state index contributed by atoms with van der Waals surface area (Å²) in [5.74, 6) is 0.670. The third-order valence-electron chi connectivity index (χ3n) is 2.73. The molecule has 1 aromatic carbocycles. The van der Waals surface area contributed by atoms with Gasteiger partial charge in [0.05, 0.1) is 0 Å². The summed E-state index contributed by atoms with van der Waals surface area (Å²) in [6, 6.07) is 10.8. The molecule has 0 fully saturated rings. The fourth-order valence-corrected chi connectivity index (χ4v) is 1.96. The van der Waals surface area contributed by atoms with Crippen molar-refractivity contribution in [1.29, 1.82) is 0 Å². The van der Waals surface area contributed by atoms with Gasteiger partial charge in [0.2, 0.25) is 0 Å². The number of hydrogen-bond acceptors (Lipinski definition) is 0. The maximum absolute atomic E-state index is 2.38. The van der Waals surface area contributed by atoms with Gasteiger partial charge in [0.15, 0.2) is 0 Å². The van der Waals surface area contributed by atoms with E-state index in [0.29, 0.717) is 5.92 Å². The van der Waals surface area contributed by atoms with E-state index < -0.39 is 0 Å². The molecule has 0 unspecified atom stereocenters. The van der Waals surface area contributed by atoms with Crippen LogP contribution < -0.4 is 0 Å². The van der Waals surface area contributed by atoms with Gasteiger partial charge in [-0.1, -0.05) is 48.9 Å². The second kappa shape index (κ2) is 4.27. The van der Waals surface area contributed by atoms with Crippen LogP contribution in [0.15, 0.2) is 42.5 Å². The van der Waals surface area contributed by atoms with E-state index in [1.54, 1.807) is 0 Å². The van der Waals surface area contributed by atoms with Gasteiger partial charge in [0, 0.05) is 5.92 Å². The number of benzene rings is 1. The van der Waals surface area contributed by atoms with Crippen molar-refractivity contribution >= 4 is 0 Å². The normalized spacial score (nSPS) is 22.6. The average Bonchev–Trinajstić information content (AvgIpc) is 2.47. The summed E-state index contributed by atoms with van der Waals surface area (Å²) in [6.45, 7) is 0. The lowest BCUT2D eigenvalue weighted by Crippen LogP contribution is -1.92. The SMILES string of the molecule is C1=C[C@H](c2ccccc2)CCCC1. The van der Waals surface area contributed by atoms with Crippen LogP contribution in [0.4, 0.5) is 0 Å². The maximum atomic E-state index is 2.38. The fraction of sp³-hybridized carbons (Fsp3) is 0.385. The van der Waals surface area contributed by atoms with Crippen molar-refractivity contribution in [3.05, 3.63) is 48.0 Å².